The van der Waals surface area contributed by atoms with Gasteiger partial charge in [-0.3, -0.25) is 0 Å². The summed E-state index contributed by atoms with van der Waals surface area (Å²) in [5.41, 5.74) is 2.23. The quantitative estimate of drug-likeness (QED) is 0.229. The Morgan fingerprint density at radius 2 is 1.46 bits per heavy atom. The number of likely N-dealkylation sites (tertiary alicyclic amines) is 1. The van der Waals surface area contributed by atoms with Crippen LogP contribution in [-0.2, 0) is 27.6 Å². The average Bonchev–Trinajstić information content (AvgIpc) is 3.01. The first kappa shape index (κ1) is 30.8. The van der Waals surface area contributed by atoms with Gasteiger partial charge in [0.05, 0.1) is 10.1 Å². The summed E-state index contributed by atoms with van der Waals surface area (Å²) in [4.78, 5) is 17.6. The summed E-state index contributed by atoms with van der Waals surface area (Å²) in [5.74, 6) is 0.253. The molecule has 1 amide bonds. The van der Waals surface area contributed by atoms with Crippen LogP contribution in [0, 0.1) is 5.92 Å². The molecule has 6 nitrogen and oxygen atoms in total. The average molecular weight is 577 g/mol. The highest BCUT2D eigenvalue weighted by molar-refractivity contribution is 7.92. The topological polar surface area (TPSA) is 66.9 Å². The Bertz CT molecular complexity index is 1290. The number of rotatable bonds is 13. The number of carbonyl (C=O) groups excluding carboxylic acids is 1. The highest BCUT2D eigenvalue weighted by Crippen LogP contribution is 2.26. The maximum atomic E-state index is 13.3. The Labute approximate surface area is 246 Å². The van der Waals surface area contributed by atoms with Crippen molar-refractivity contribution in [2.45, 2.75) is 68.7 Å². The summed E-state index contributed by atoms with van der Waals surface area (Å²) in [7, 11) is -3.38. The van der Waals surface area contributed by atoms with Gasteiger partial charge in [-0.1, -0.05) is 78.9 Å². The van der Waals surface area contributed by atoms with Gasteiger partial charge in [0.1, 0.15) is 6.61 Å². The van der Waals surface area contributed by atoms with Gasteiger partial charge in [-0.05, 0) is 81.7 Å². The second-order valence-electron chi connectivity index (χ2n) is 11.1. The first-order valence-electron chi connectivity index (χ1n) is 14.9. The SMILES string of the molecule is CCN(C(=O)OCc1ccccc1)C1CCN(CC[C@@H](Cc2ccccc2)C[C@@H](C)S(=O)(=O)c2ccccc2)CC1. The van der Waals surface area contributed by atoms with Gasteiger partial charge in [-0.25, -0.2) is 13.2 Å². The van der Waals surface area contributed by atoms with Gasteiger partial charge >= 0.3 is 6.09 Å². The third-order valence-electron chi connectivity index (χ3n) is 8.27. The second kappa shape index (κ2) is 15.2. The molecule has 0 aliphatic carbocycles. The Hall–Kier alpha value is -3.16. The van der Waals surface area contributed by atoms with Crippen LogP contribution in [0.25, 0.3) is 0 Å². The molecule has 1 fully saturated rings. The number of carbonyl (C=O) groups is 1. The molecule has 0 spiro atoms. The van der Waals surface area contributed by atoms with Gasteiger partial charge in [-0.2, -0.15) is 0 Å². The van der Waals surface area contributed by atoms with Crippen LogP contribution in [0.5, 0.6) is 0 Å². The van der Waals surface area contributed by atoms with E-state index in [1.807, 2.05) is 73.3 Å². The van der Waals surface area contributed by atoms with Gasteiger partial charge in [0, 0.05) is 25.7 Å². The third kappa shape index (κ3) is 8.91. The Balaban J connectivity index is 1.31. The van der Waals surface area contributed by atoms with Crippen molar-refractivity contribution in [3.05, 3.63) is 102 Å². The minimum Gasteiger partial charge on any atom is -0.445 e. The fourth-order valence-electron chi connectivity index (χ4n) is 5.85. The molecule has 220 valence electrons. The summed E-state index contributed by atoms with van der Waals surface area (Å²) in [6.07, 6.45) is 4.01. The van der Waals surface area contributed by atoms with Crippen molar-refractivity contribution in [3.8, 4) is 0 Å². The molecule has 1 saturated heterocycles. The van der Waals surface area contributed by atoms with Gasteiger partial charge in [0.15, 0.2) is 9.84 Å². The van der Waals surface area contributed by atoms with Crippen molar-refractivity contribution in [3.63, 3.8) is 0 Å². The lowest BCUT2D eigenvalue weighted by molar-refractivity contribution is 0.0622. The minimum absolute atomic E-state index is 0.177. The van der Waals surface area contributed by atoms with E-state index in [0.29, 0.717) is 17.9 Å². The van der Waals surface area contributed by atoms with E-state index in [4.69, 9.17) is 4.74 Å². The zero-order valence-electron chi connectivity index (χ0n) is 24.4. The molecule has 3 aromatic carbocycles. The molecule has 1 heterocycles. The van der Waals surface area contributed by atoms with E-state index in [9.17, 15) is 13.2 Å². The van der Waals surface area contributed by atoms with E-state index in [1.54, 1.807) is 24.3 Å². The fourth-order valence-corrected chi connectivity index (χ4v) is 7.37. The lowest BCUT2D eigenvalue weighted by Gasteiger charge is -2.38. The van der Waals surface area contributed by atoms with Gasteiger partial charge < -0.3 is 14.5 Å². The lowest BCUT2D eigenvalue weighted by atomic mass is 9.91. The van der Waals surface area contributed by atoms with Gasteiger partial charge in [-0.15, -0.1) is 0 Å². The molecule has 0 bridgehead atoms. The highest BCUT2D eigenvalue weighted by atomic mass is 32.2. The van der Waals surface area contributed by atoms with Crippen LogP contribution in [0.4, 0.5) is 4.79 Å². The van der Waals surface area contributed by atoms with Crippen LogP contribution in [0.3, 0.4) is 0 Å². The molecule has 0 N–H and O–H groups in total. The molecule has 0 unspecified atom stereocenters. The summed E-state index contributed by atoms with van der Waals surface area (Å²) < 4.78 is 32.2. The van der Waals surface area contributed by atoms with E-state index in [2.05, 4.69) is 17.0 Å². The van der Waals surface area contributed by atoms with Crippen LogP contribution < -0.4 is 0 Å². The predicted octanol–water partition coefficient (Wildman–Crippen LogP) is 6.61. The number of hydrogen-bond donors (Lipinski definition) is 0. The Kier molecular flexibility index (Phi) is 11.4. The second-order valence-corrected chi connectivity index (χ2v) is 13.5. The largest absolute Gasteiger partial charge is 0.445 e. The first-order valence-corrected chi connectivity index (χ1v) is 16.4. The summed E-state index contributed by atoms with van der Waals surface area (Å²) >= 11 is 0. The van der Waals surface area contributed by atoms with Crippen molar-refractivity contribution in [1.82, 2.24) is 9.80 Å². The smallest absolute Gasteiger partial charge is 0.410 e. The van der Waals surface area contributed by atoms with Crippen molar-refractivity contribution >= 4 is 15.9 Å². The maximum absolute atomic E-state index is 13.3. The number of benzene rings is 3. The van der Waals surface area contributed by atoms with Crippen molar-refractivity contribution in [1.29, 1.82) is 0 Å². The van der Waals surface area contributed by atoms with Crippen molar-refractivity contribution in [2.24, 2.45) is 5.92 Å². The molecule has 0 aromatic heterocycles. The normalized spacial score (nSPS) is 16.1. The minimum atomic E-state index is -3.38. The van der Waals surface area contributed by atoms with Crippen LogP contribution in [0.1, 0.15) is 50.7 Å². The van der Waals surface area contributed by atoms with Crippen LogP contribution >= 0.6 is 0 Å². The maximum Gasteiger partial charge on any atom is 0.410 e. The molecule has 3 aromatic rings. The van der Waals surface area contributed by atoms with E-state index < -0.39 is 15.1 Å². The van der Waals surface area contributed by atoms with Crippen LogP contribution in [-0.4, -0.2) is 61.8 Å². The van der Waals surface area contributed by atoms with E-state index in [0.717, 1.165) is 50.9 Å². The summed E-state index contributed by atoms with van der Waals surface area (Å²) in [6.45, 7) is 7.54. The van der Waals surface area contributed by atoms with E-state index >= 15 is 0 Å². The zero-order chi connectivity index (χ0) is 29.1. The van der Waals surface area contributed by atoms with E-state index in [-0.39, 0.29) is 24.7 Å². The molecule has 1 aliphatic heterocycles. The van der Waals surface area contributed by atoms with Gasteiger partial charge in [0.2, 0.25) is 0 Å². The molecule has 0 saturated carbocycles. The standard InChI is InChI=1S/C34H44N2O4S/c1-3-36(34(37)40-27-30-15-9-5-10-16-30)32-20-23-35(24-21-32)22-19-31(26-29-13-7-4-8-14-29)25-28(2)41(38,39)33-17-11-6-12-18-33/h4-18,28,31-32H,3,19-27H2,1-2H3/t28-,31-/m1/s1. The van der Waals surface area contributed by atoms with Crippen LogP contribution in [0.15, 0.2) is 95.9 Å². The molecule has 2 atom stereocenters. The molecule has 4 rings (SSSR count). The Morgan fingerprint density at radius 3 is 2.05 bits per heavy atom. The summed E-state index contributed by atoms with van der Waals surface area (Å²) in [6, 6.07) is 29.1. The van der Waals surface area contributed by atoms with Crippen molar-refractivity contribution in [2.75, 3.05) is 26.2 Å². The molecule has 7 heteroatoms. The summed E-state index contributed by atoms with van der Waals surface area (Å²) in [5, 5.41) is -0.454. The number of piperidine rings is 1. The van der Waals surface area contributed by atoms with E-state index in [1.165, 1.54) is 5.56 Å². The Morgan fingerprint density at radius 1 is 0.902 bits per heavy atom. The monoisotopic (exact) mass is 576 g/mol. The lowest BCUT2D eigenvalue weighted by Crippen LogP contribution is -2.47. The predicted molar refractivity (Wildman–Crippen MR) is 164 cm³/mol. The molecular weight excluding hydrogens is 532 g/mol. The van der Waals surface area contributed by atoms with Crippen molar-refractivity contribution < 1.29 is 17.9 Å². The number of nitrogens with zero attached hydrogens (tertiary/aromatic N) is 2. The highest BCUT2D eigenvalue weighted by Gasteiger charge is 2.30. The molecule has 41 heavy (non-hydrogen) atoms. The molecular formula is C34H44N2O4S. The third-order valence-corrected chi connectivity index (χ3v) is 10.4. The fraction of sp³-hybridized carbons (Fsp3) is 0.441. The van der Waals surface area contributed by atoms with Crippen LogP contribution in [0.2, 0.25) is 0 Å². The molecule has 0 radical (unpaired) electrons. The zero-order valence-corrected chi connectivity index (χ0v) is 25.2. The number of hydrogen-bond acceptors (Lipinski definition) is 5. The number of ether oxygens (including phenoxy) is 1. The number of amides is 1. The number of sulfone groups is 1. The molecule has 1 aliphatic rings. The van der Waals surface area contributed by atoms with Gasteiger partial charge in [0.25, 0.3) is 0 Å². The first-order chi connectivity index (χ1) is 19.9.